The number of halogens is 1. The van der Waals surface area contributed by atoms with Crippen molar-refractivity contribution in [2.75, 3.05) is 0 Å². The molecular formula is C12H8ClN3O3S. The second-order valence-corrected chi connectivity index (χ2v) is 5.17. The quantitative estimate of drug-likeness (QED) is 0.535. The van der Waals surface area contributed by atoms with Crippen molar-refractivity contribution < 1.29 is 9.72 Å². The third kappa shape index (κ3) is 3.62. The zero-order valence-electron chi connectivity index (χ0n) is 9.95. The number of carbonyl (C=O) groups is 1. The highest BCUT2D eigenvalue weighted by atomic mass is 35.5. The van der Waals surface area contributed by atoms with Crippen molar-refractivity contribution in [3.63, 3.8) is 0 Å². The fourth-order valence-electron chi connectivity index (χ4n) is 1.33. The van der Waals surface area contributed by atoms with Gasteiger partial charge in [-0.3, -0.25) is 14.9 Å². The van der Waals surface area contributed by atoms with E-state index in [1.807, 2.05) is 0 Å². The van der Waals surface area contributed by atoms with Crippen LogP contribution in [0.2, 0.25) is 5.02 Å². The Labute approximate surface area is 122 Å². The van der Waals surface area contributed by atoms with Gasteiger partial charge < -0.3 is 0 Å². The molecule has 1 N–H and O–H groups in total. The highest BCUT2D eigenvalue weighted by molar-refractivity contribution is 7.16. The maximum absolute atomic E-state index is 11.7. The normalized spacial score (nSPS) is 10.7. The second-order valence-electron chi connectivity index (χ2n) is 3.64. The number of nitro groups is 1. The molecule has 0 unspecified atom stereocenters. The zero-order chi connectivity index (χ0) is 14.5. The van der Waals surface area contributed by atoms with E-state index in [0.717, 1.165) is 11.3 Å². The minimum atomic E-state index is -0.478. The molecule has 2 rings (SSSR count). The van der Waals surface area contributed by atoms with E-state index in [0.29, 0.717) is 15.5 Å². The maximum Gasteiger partial charge on any atom is 0.324 e. The molecule has 0 aliphatic rings. The van der Waals surface area contributed by atoms with E-state index in [-0.39, 0.29) is 10.9 Å². The van der Waals surface area contributed by atoms with Crippen LogP contribution in [0.1, 0.15) is 15.2 Å². The number of thiophene rings is 1. The number of amides is 1. The fraction of sp³-hybridized carbons (Fsp3) is 0. The minimum Gasteiger partial charge on any atom is -0.267 e. The Morgan fingerprint density at radius 2 is 2.00 bits per heavy atom. The van der Waals surface area contributed by atoms with Gasteiger partial charge in [-0.05, 0) is 30.3 Å². The lowest BCUT2D eigenvalue weighted by molar-refractivity contribution is -0.380. The number of hydrazone groups is 1. The van der Waals surface area contributed by atoms with Gasteiger partial charge in [0, 0.05) is 16.7 Å². The Morgan fingerprint density at radius 3 is 2.60 bits per heavy atom. The number of carbonyl (C=O) groups excluding carboxylic acids is 1. The predicted octanol–water partition coefficient (Wildman–Crippen LogP) is 3.07. The Bertz CT molecular complexity index is 667. The topological polar surface area (TPSA) is 84.6 Å². The van der Waals surface area contributed by atoms with E-state index >= 15 is 0 Å². The van der Waals surface area contributed by atoms with Gasteiger partial charge in [-0.25, -0.2) is 5.43 Å². The minimum absolute atomic E-state index is 0.0236. The lowest BCUT2D eigenvalue weighted by atomic mass is 10.2. The second kappa shape index (κ2) is 6.27. The van der Waals surface area contributed by atoms with Crippen LogP contribution in [-0.4, -0.2) is 17.0 Å². The van der Waals surface area contributed by atoms with Gasteiger partial charge in [-0.15, -0.1) is 0 Å². The van der Waals surface area contributed by atoms with E-state index in [1.165, 1.54) is 12.3 Å². The SMILES string of the molecule is O=C(N/N=C/c1ccc([N+](=O)[O-])s1)c1ccc(Cl)cc1. The van der Waals surface area contributed by atoms with Gasteiger partial charge >= 0.3 is 5.00 Å². The summed E-state index contributed by atoms with van der Waals surface area (Å²) in [5.41, 5.74) is 2.75. The number of nitrogens with zero attached hydrogens (tertiary/aromatic N) is 2. The van der Waals surface area contributed by atoms with Crippen molar-refractivity contribution in [1.29, 1.82) is 0 Å². The molecule has 0 spiro atoms. The van der Waals surface area contributed by atoms with Gasteiger partial charge in [0.2, 0.25) is 0 Å². The van der Waals surface area contributed by atoms with Gasteiger partial charge in [0.15, 0.2) is 0 Å². The molecule has 0 fully saturated rings. The first-order chi connectivity index (χ1) is 9.56. The standard InChI is InChI=1S/C12H8ClN3O3S/c13-9-3-1-8(2-4-9)12(17)15-14-7-10-5-6-11(20-10)16(18)19/h1-7H,(H,15,17)/b14-7+. The van der Waals surface area contributed by atoms with Crippen molar-refractivity contribution in [1.82, 2.24) is 5.43 Å². The maximum atomic E-state index is 11.7. The number of hydrogen-bond acceptors (Lipinski definition) is 5. The average Bonchev–Trinajstić information content (AvgIpc) is 2.88. The average molecular weight is 310 g/mol. The van der Waals surface area contributed by atoms with Crippen LogP contribution < -0.4 is 5.43 Å². The molecule has 2 aromatic rings. The third-order valence-corrected chi connectivity index (χ3v) is 3.48. The first kappa shape index (κ1) is 14.2. The summed E-state index contributed by atoms with van der Waals surface area (Å²) < 4.78 is 0. The van der Waals surface area contributed by atoms with E-state index in [2.05, 4.69) is 10.5 Å². The van der Waals surface area contributed by atoms with Gasteiger partial charge in [-0.1, -0.05) is 22.9 Å². The first-order valence-corrected chi connectivity index (χ1v) is 6.59. The zero-order valence-corrected chi connectivity index (χ0v) is 11.5. The van der Waals surface area contributed by atoms with Crippen molar-refractivity contribution >= 4 is 40.1 Å². The third-order valence-electron chi connectivity index (χ3n) is 2.26. The highest BCUT2D eigenvalue weighted by Crippen LogP contribution is 2.22. The Morgan fingerprint density at radius 1 is 1.30 bits per heavy atom. The van der Waals surface area contributed by atoms with Crippen LogP contribution in [0.4, 0.5) is 5.00 Å². The fourth-order valence-corrected chi connectivity index (χ4v) is 2.15. The largest absolute Gasteiger partial charge is 0.324 e. The number of rotatable bonds is 4. The molecule has 1 heterocycles. The summed E-state index contributed by atoms with van der Waals surface area (Å²) in [5.74, 6) is -0.385. The predicted molar refractivity (Wildman–Crippen MR) is 77.5 cm³/mol. The smallest absolute Gasteiger partial charge is 0.267 e. The first-order valence-electron chi connectivity index (χ1n) is 5.39. The molecule has 0 aliphatic carbocycles. The number of benzene rings is 1. The highest BCUT2D eigenvalue weighted by Gasteiger charge is 2.08. The molecule has 0 aliphatic heterocycles. The lowest BCUT2D eigenvalue weighted by Gasteiger charge is -1.98. The molecule has 1 amide bonds. The number of hydrogen-bond donors (Lipinski definition) is 1. The van der Waals surface area contributed by atoms with Crippen LogP contribution in [0.3, 0.4) is 0 Å². The molecule has 1 aromatic heterocycles. The van der Waals surface area contributed by atoms with Gasteiger partial charge in [0.05, 0.1) is 16.0 Å². The molecule has 0 radical (unpaired) electrons. The number of nitrogens with one attached hydrogen (secondary N) is 1. The summed E-state index contributed by atoms with van der Waals surface area (Å²) in [5, 5.41) is 14.8. The van der Waals surface area contributed by atoms with Crippen LogP contribution in [0.5, 0.6) is 0 Å². The van der Waals surface area contributed by atoms with Crippen LogP contribution in [-0.2, 0) is 0 Å². The molecule has 6 nitrogen and oxygen atoms in total. The molecule has 0 atom stereocenters. The van der Waals surface area contributed by atoms with Gasteiger partial charge in [-0.2, -0.15) is 5.10 Å². The summed E-state index contributed by atoms with van der Waals surface area (Å²) in [6.45, 7) is 0. The lowest BCUT2D eigenvalue weighted by Crippen LogP contribution is -2.17. The summed E-state index contributed by atoms with van der Waals surface area (Å²) in [6, 6.07) is 9.28. The van der Waals surface area contributed by atoms with E-state index < -0.39 is 4.92 Å². The van der Waals surface area contributed by atoms with Crippen molar-refractivity contribution in [2.45, 2.75) is 0 Å². The van der Waals surface area contributed by atoms with Gasteiger partial charge in [0.25, 0.3) is 5.91 Å². The Balaban J connectivity index is 1.97. The van der Waals surface area contributed by atoms with E-state index in [9.17, 15) is 14.9 Å². The van der Waals surface area contributed by atoms with Crippen LogP contribution in [0, 0.1) is 10.1 Å². The van der Waals surface area contributed by atoms with Gasteiger partial charge in [0.1, 0.15) is 0 Å². The Kier molecular flexibility index (Phi) is 4.44. The summed E-state index contributed by atoms with van der Waals surface area (Å²) in [7, 11) is 0. The van der Waals surface area contributed by atoms with E-state index in [4.69, 9.17) is 11.6 Å². The molecule has 102 valence electrons. The molecule has 0 bridgehead atoms. The molecule has 20 heavy (non-hydrogen) atoms. The summed E-state index contributed by atoms with van der Waals surface area (Å²) in [6.07, 6.45) is 1.35. The van der Waals surface area contributed by atoms with Crippen molar-refractivity contribution in [2.24, 2.45) is 5.10 Å². The van der Waals surface area contributed by atoms with Crippen molar-refractivity contribution in [3.05, 3.63) is 62.0 Å². The monoisotopic (exact) mass is 309 g/mol. The van der Waals surface area contributed by atoms with Crippen LogP contribution in [0.25, 0.3) is 0 Å². The van der Waals surface area contributed by atoms with Crippen LogP contribution in [0.15, 0.2) is 41.5 Å². The molecule has 0 saturated carbocycles. The molecular weight excluding hydrogens is 302 g/mol. The molecule has 1 aromatic carbocycles. The Hall–Kier alpha value is -2.25. The summed E-state index contributed by atoms with van der Waals surface area (Å²) >= 11 is 6.69. The molecule has 8 heteroatoms. The van der Waals surface area contributed by atoms with Crippen LogP contribution >= 0.6 is 22.9 Å². The van der Waals surface area contributed by atoms with E-state index in [1.54, 1.807) is 30.3 Å². The molecule has 0 saturated heterocycles. The van der Waals surface area contributed by atoms with Crippen molar-refractivity contribution in [3.8, 4) is 0 Å². The summed E-state index contributed by atoms with van der Waals surface area (Å²) in [4.78, 5) is 22.3.